The summed E-state index contributed by atoms with van der Waals surface area (Å²) in [5, 5.41) is 1.77. The van der Waals surface area contributed by atoms with Crippen LogP contribution in [0, 0.1) is 6.92 Å². The Morgan fingerprint density at radius 1 is 1.10 bits per heavy atom. The molecule has 0 aliphatic carbocycles. The average Bonchev–Trinajstić information content (AvgIpc) is 2.80. The topological polar surface area (TPSA) is 22.0 Å². The van der Waals surface area contributed by atoms with E-state index in [0.29, 0.717) is 10.6 Å². The molecule has 0 atom stereocenters. The minimum Gasteiger partial charge on any atom is -0.338 e. The van der Waals surface area contributed by atoms with Gasteiger partial charge in [0.1, 0.15) is 0 Å². The van der Waals surface area contributed by atoms with Gasteiger partial charge in [-0.25, -0.2) is 0 Å². The highest BCUT2D eigenvalue weighted by Crippen LogP contribution is 2.27. The molecule has 21 heavy (non-hydrogen) atoms. The van der Waals surface area contributed by atoms with E-state index in [9.17, 15) is 4.79 Å². The molecule has 0 unspecified atom stereocenters. The number of fused-ring (bicyclic) bond motifs is 1. The van der Waals surface area contributed by atoms with Crippen LogP contribution in [0.25, 0.3) is 10.9 Å². The molecule has 0 saturated carbocycles. The fourth-order valence-corrected chi connectivity index (χ4v) is 2.96. The van der Waals surface area contributed by atoms with E-state index in [4.69, 9.17) is 11.6 Å². The minimum atomic E-state index is 0.0437. The van der Waals surface area contributed by atoms with Gasteiger partial charge in [-0.05, 0) is 49.7 Å². The first-order chi connectivity index (χ1) is 10.1. The summed E-state index contributed by atoms with van der Waals surface area (Å²) in [6.45, 7) is 4.84. The van der Waals surface area contributed by atoms with Crippen molar-refractivity contribution in [3.05, 3.63) is 70.4 Å². The fourth-order valence-electron chi connectivity index (χ4n) is 2.84. The molecule has 3 rings (SSSR count). The highest BCUT2D eigenvalue weighted by Gasteiger charge is 2.20. The quantitative estimate of drug-likeness (QED) is 0.633. The first-order valence-electron chi connectivity index (χ1n) is 7.01. The van der Waals surface area contributed by atoms with Gasteiger partial charge in [0.15, 0.2) is 0 Å². The maximum Gasteiger partial charge on any atom is 0.209 e. The summed E-state index contributed by atoms with van der Waals surface area (Å²) in [4.78, 5) is 12.9. The van der Waals surface area contributed by atoms with Crippen LogP contribution in [0.3, 0.4) is 0 Å². The molecule has 3 heteroatoms. The van der Waals surface area contributed by atoms with E-state index in [0.717, 1.165) is 28.7 Å². The lowest BCUT2D eigenvalue weighted by molar-refractivity contribution is 0.103. The second-order valence-electron chi connectivity index (χ2n) is 5.07. The van der Waals surface area contributed by atoms with Crippen LogP contribution >= 0.6 is 11.6 Å². The SMILES string of the molecule is CCn1c(C(=O)c2ccc(Cl)cc2)c(C)c2ccccc21. The standard InChI is InChI=1S/C18H16ClNO/c1-3-20-16-7-5-4-6-15(16)12(2)17(20)18(21)13-8-10-14(19)11-9-13/h4-11H,3H2,1-2H3. The van der Waals surface area contributed by atoms with Crippen molar-refractivity contribution in [2.75, 3.05) is 0 Å². The number of ketones is 1. The normalized spacial score (nSPS) is 11.0. The Hall–Kier alpha value is -2.06. The van der Waals surface area contributed by atoms with E-state index < -0.39 is 0 Å². The second-order valence-corrected chi connectivity index (χ2v) is 5.51. The molecule has 3 aromatic rings. The number of benzene rings is 2. The van der Waals surface area contributed by atoms with Crippen molar-refractivity contribution in [2.45, 2.75) is 20.4 Å². The van der Waals surface area contributed by atoms with Gasteiger partial charge in [0.2, 0.25) is 5.78 Å². The zero-order valence-electron chi connectivity index (χ0n) is 12.1. The maximum absolute atomic E-state index is 12.9. The van der Waals surface area contributed by atoms with Crippen LogP contribution in [0.1, 0.15) is 28.5 Å². The molecular weight excluding hydrogens is 282 g/mol. The predicted octanol–water partition coefficient (Wildman–Crippen LogP) is 4.85. The fraction of sp³-hybridized carbons (Fsp3) is 0.167. The number of carbonyl (C=O) groups is 1. The molecule has 106 valence electrons. The van der Waals surface area contributed by atoms with Gasteiger partial charge >= 0.3 is 0 Å². The van der Waals surface area contributed by atoms with Crippen molar-refractivity contribution in [3.63, 3.8) is 0 Å². The predicted molar refractivity (Wildman–Crippen MR) is 87.2 cm³/mol. The van der Waals surface area contributed by atoms with E-state index >= 15 is 0 Å². The molecule has 0 saturated heterocycles. The van der Waals surface area contributed by atoms with Gasteiger partial charge in [-0.3, -0.25) is 4.79 Å². The highest BCUT2D eigenvalue weighted by atomic mass is 35.5. The van der Waals surface area contributed by atoms with Crippen molar-refractivity contribution in [3.8, 4) is 0 Å². The van der Waals surface area contributed by atoms with E-state index in [1.54, 1.807) is 24.3 Å². The molecular formula is C18H16ClNO. The molecule has 0 amide bonds. The molecule has 0 bridgehead atoms. The molecule has 0 spiro atoms. The lowest BCUT2D eigenvalue weighted by Crippen LogP contribution is -2.10. The van der Waals surface area contributed by atoms with Crippen LogP contribution < -0.4 is 0 Å². The number of para-hydroxylation sites is 1. The minimum absolute atomic E-state index is 0.0437. The molecule has 0 fully saturated rings. The number of aryl methyl sites for hydroxylation is 2. The Balaban J connectivity index is 2.22. The van der Waals surface area contributed by atoms with Crippen LogP contribution in [0.5, 0.6) is 0 Å². The summed E-state index contributed by atoms with van der Waals surface area (Å²) in [5.41, 5.74) is 3.57. The Morgan fingerprint density at radius 3 is 2.43 bits per heavy atom. The van der Waals surface area contributed by atoms with Crippen LogP contribution in [0.4, 0.5) is 0 Å². The van der Waals surface area contributed by atoms with Gasteiger partial charge in [0.05, 0.1) is 5.69 Å². The Labute approximate surface area is 129 Å². The van der Waals surface area contributed by atoms with E-state index in [-0.39, 0.29) is 5.78 Å². The van der Waals surface area contributed by atoms with Gasteiger partial charge in [0.25, 0.3) is 0 Å². The number of nitrogens with zero attached hydrogens (tertiary/aromatic N) is 1. The summed E-state index contributed by atoms with van der Waals surface area (Å²) in [6, 6.07) is 15.2. The van der Waals surface area contributed by atoms with Crippen molar-refractivity contribution < 1.29 is 4.79 Å². The lowest BCUT2D eigenvalue weighted by atomic mass is 10.0. The Morgan fingerprint density at radius 2 is 1.76 bits per heavy atom. The number of hydrogen-bond donors (Lipinski definition) is 0. The van der Waals surface area contributed by atoms with Gasteiger partial charge < -0.3 is 4.57 Å². The van der Waals surface area contributed by atoms with E-state index in [2.05, 4.69) is 23.6 Å². The molecule has 2 aromatic carbocycles. The molecule has 0 N–H and O–H groups in total. The monoisotopic (exact) mass is 297 g/mol. The van der Waals surface area contributed by atoms with Crippen molar-refractivity contribution in [1.29, 1.82) is 0 Å². The molecule has 1 aromatic heterocycles. The third kappa shape index (κ3) is 2.26. The van der Waals surface area contributed by atoms with Crippen LogP contribution in [0.15, 0.2) is 48.5 Å². The third-order valence-corrected chi connectivity index (χ3v) is 4.11. The maximum atomic E-state index is 12.9. The lowest BCUT2D eigenvalue weighted by Gasteiger charge is -2.08. The summed E-state index contributed by atoms with van der Waals surface area (Å²) in [5.74, 6) is 0.0437. The number of hydrogen-bond acceptors (Lipinski definition) is 1. The summed E-state index contributed by atoms with van der Waals surface area (Å²) in [6.07, 6.45) is 0. The number of rotatable bonds is 3. The van der Waals surface area contributed by atoms with Crippen molar-refractivity contribution in [2.24, 2.45) is 0 Å². The zero-order chi connectivity index (χ0) is 15.0. The summed E-state index contributed by atoms with van der Waals surface area (Å²) >= 11 is 5.90. The molecule has 0 aliphatic heterocycles. The molecule has 0 aliphatic rings. The van der Waals surface area contributed by atoms with Crippen molar-refractivity contribution in [1.82, 2.24) is 4.57 Å². The number of carbonyl (C=O) groups excluding carboxylic acids is 1. The molecule has 0 radical (unpaired) electrons. The van der Waals surface area contributed by atoms with E-state index in [1.807, 2.05) is 19.1 Å². The van der Waals surface area contributed by atoms with Gasteiger partial charge in [0, 0.05) is 28.0 Å². The third-order valence-electron chi connectivity index (χ3n) is 3.86. The number of aromatic nitrogens is 1. The summed E-state index contributed by atoms with van der Waals surface area (Å²) in [7, 11) is 0. The zero-order valence-corrected chi connectivity index (χ0v) is 12.8. The van der Waals surface area contributed by atoms with Gasteiger partial charge in [-0.1, -0.05) is 29.8 Å². The van der Waals surface area contributed by atoms with E-state index in [1.165, 1.54) is 0 Å². The Kier molecular flexibility index (Phi) is 3.56. The smallest absolute Gasteiger partial charge is 0.209 e. The number of halogens is 1. The van der Waals surface area contributed by atoms with Crippen LogP contribution in [-0.2, 0) is 6.54 Å². The Bertz CT molecular complexity index is 815. The first kappa shape index (κ1) is 13.9. The first-order valence-corrected chi connectivity index (χ1v) is 7.39. The van der Waals surface area contributed by atoms with Gasteiger partial charge in [-0.2, -0.15) is 0 Å². The molecule has 2 nitrogen and oxygen atoms in total. The van der Waals surface area contributed by atoms with Crippen LogP contribution in [-0.4, -0.2) is 10.4 Å². The summed E-state index contributed by atoms with van der Waals surface area (Å²) < 4.78 is 2.08. The largest absolute Gasteiger partial charge is 0.338 e. The highest BCUT2D eigenvalue weighted by molar-refractivity contribution is 6.30. The average molecular weight is 298 g/mol. The molecule has 1 heterocycles. The second kappa shape index (κ2) is 5.38. The van der Waals surface area contributed by atoms with Gasteiger partial charge in [-0.15, -0.1) is 0 Å². The van der Waals surface area contributed by atoms with Crippen LogP contribution in [0.2, 0.25) is 5.02 Å². The van der Waals surface area contributed by atoms with Crippen molar-refractivity contribution >= 4 is 28.3 Å².